The molecule has 1 amide bonds. The smallest absolute Gasteiger partial charge is 0.263 e. The standard InChI is InChI=1S/C20H17FN2O3S2/c1-4-9-23-17-10-13(2)14(3)11-18(17)27-20(23)22-19(24)12-28(25,26)16-7-5-15(21)6-8-16/h1,5-8,10-11H,9,12H2,2-3H3. The zero-order valence-corrected chi connectivity index (χ0v) is 16.9. The van der Waals surface area contributed by atoms with Crippen molar-refractivity contribution in [3.8, 4) is 12.3 Å². The van der Waals surface area contributed by atoms with Crippen molar-refractivity contribution < 1.29 is 17.6 Å². The van der Waals surface area contributed by atoms with Crippen molar-refractivity contribution in [2.45, 2.75) is 25.3 Å². The number of aromatic nitrogens is 1. The van der Waals surface area contributed by atoms with Crippen molar-refractivity contribution in [2.24, 2.45) is 4.99 Å². The summed E-state index contributed by atoms with van der Waals surface area (Å²) in [7, 11) is -3.92. The van der Waals surface area contributed by atoms with E-state index in [0.717, 1.165) is 45.6 Å². The zero-order valence-electron chi connectivity index (χ0n) is 15.3. The molecule has 3 rings (SSSR count). The molecular formula is C20H17FN2O3S2. The van der Waals surface area contributed by atoms with Crippen molar-refractivity contribution in [3.05, 3.63) is 58.1 Å². The summed E-state index contributed by atoms with van der Waals surface area (Å²) in [5.41, 5.74) is 3.02. The number of terminal acetylenes is 1. The van der Waals surface area contributed by atoms with Crippen LogP contribution < -0.4 is 4.80 Å². The summed E-state index contributed by atoms with van der Waals surface area (Å²) in [5, 5.41) is 0. The van der Waals surface area contributed by atoms with Gasteiger partial charge >= 0.3 is 0 Å². The Bertz CT molecular complexity index is 1280. The van der Waals surface area contributed by atoms with E-state index in [0.29, 0.717) is 4.80 Å². The lowest BCUT2D eigenvalue weighted by Crippen LogP contribution is -2.20. The van der Waals surface area contributed by atoms with Gasteiger partial charge in [-0.15, -0.1) is 6.42 Å². The lowest BCUT2D eigenvalue weighted by molar-refractivity contribution is -0.115. The maximum atomic E-state index is 13.0. The summed E-state index contributed by atoms with van der Waals surface area (Å²) >= 11 is 1.27. The van der Waals surface area contributed by atoms with Gasteiger partial charge in [-0.1, -0.05) is 17.3 Å². The number of nitrogens with zero attached hydrogens (tertiary/aromatic N) is 2. The highest BCUT2D eigenvalue weighted by Gasteiger charge is 2.19. The third kappa shape index (κ3) is 4.06. The van der Waals surface area contributed by atoms with Crippen molar-refractivity contribution >= 4 is 37.3 Å². The number of thiazole rings is 1. The van der Waals surface area contributed by atoms with Crippen LogP contribution in [0.15, 0.2) is 46.3 Å². The summed E-state index contributed by atoms with van der Waals surface area (Å²) in [6, 6.07) is 8.28. The normalized spacial score (nSPS) is 12.3. The third-order valence-corrected chi connectivity index (χ3v) is 6.91. The fourth-order valence-corrected chi connectivity index (χ4v) is 4.91. The number of fused-ring (bicyclic) bond motifs is 1. The summed E-state index contributed by atoms with van der Waals surface area (Å²) in [6.07, 6.45) is 5.45. The average Bonchev–Trinajstić information content (AvgIpc) is 2.92. The number of sulfone groups is 1. The van der Waals surface area contributed by atoms with E-state index < -0.39 is 27.3 Å². The molecule has 0 spiro atoms. The average molecular weight is 416 g/mol. The molecule has 0 unspecified atom stereocenters. The quantitative estimate of drug-likeness (QED) is 0.485. The van der Waals surface area contributed by atoms with Gasteiger partial charge in [0.25, 0.3) is 5.91 Å². The van der Waals surface area contributed by atoms with Gasteiger partial charge in [0.1, 0.15) is 11.6 Å². The van der Waals surface area contributed by atoms with Gasteiger partial charge in [0.15, 0.2) is 14.6 Å². The Morgan fingerprint density at radius 1 is 1.21 bits per heavy atom. The molecule has 0 saturated heterocycles. The van der Waals surface area contributed by atoms with Crippen LogP contribution in [0.5, 0.6) is 0 Å². The maximum Gasteiger partial charge on any atom is 0.263 e. The minimum Gasteiger partial charge on any atom is -0.305 e. The molecule has 0 aliphatic heterocycles. The molecule has 2 aromatic carbocycles. The monoisotopic (exact) mass is 416 g/mol. The van der Waals surface area contributed by atoms with Crippen LogP contribution in [0.4, 0.5) is 4.39 Å². The van der Waals surface area contributed by atoms with E-state index in [2.05, 4.69) is 10.9 Å². The number of hydrogen-bond donors (Lipinski definition) is 0. The van der Waals surface area contributed by atoms with E-state index in [1.165, 1.54) is 11.3 Å². The van der Waals surface area contributed by atoms with Gasteiger partial charge in [0, 0.05) is 0 Å². The highest BCUT2D eigenvalue weighted by molar-refractivity contribution is 7.92. The highest BCUT2D eigenvalue weighted by atomic mass is 32.2. The molecule has 0 aliphatic carbocycles. The molecule has 0 fully saturated rings. The maximum absolute atomic E-state index is 13.0. The van der Waals surface area contributed by atoms with Crippen LogP contribution in [-0.4, -0.2) is 24.6 Å². The van der Waals surface area contributed by atoms with E-state index in [1.807, 2.05) is 26.0 Å². The molecule has 0 radical (unpaired) electrons. The summed E-state index contributed by atoms with van der Waals surface area (Å²) in [4.78, 5) is 16.6. The largest absolute Gasteiger partial charge is 0.305 e. The van der Waals surface area contributed by atoms with Gasteiger partial charge in [-0.05, 0) is 61.4 Å². The Labute approximate surface area is 166 Å². The van der Waals surface area contributed by atoms with Gasteiger partial charge in [0.05, 0.1) is 21.7 Å². The molecule has 1 heterocycles. The molecule has 0 bridgehead atoms. The Balaban J connectivity index is 2.01. The van der Waals surface area contributed by atoms with E-state index in [4.69, 9.17) is 6.42 Å². The Morgan fingerprint density at radius 3 is 2.50 bits per heavy atom. The van der Waals surface area contributed by atoms with Gasteiger partial charge < -0.3 is 4.57 Å². The molecular weight excluding hydrogens is 399 g/mol. The van der Waals surface area contributed by atoms with Crippen LogP contribution in [0.3, 0.4) is 0 Å². The molecule has 0 aliphatic rings. The van der Waals surface area contributed by atoms with Gasteiger partial charge in [-0.2, -0.15) is 4.99 Å². The SMILES string of the molecule is C#CCn1c(=NC(=O)CS(=O)(=O)c2ccc(F)cc2)sc2cc(C)c(C)cc21. The first-order valence-electron chi connectivity index (χ1n) is 8.31. The highest BCUT2D eigenvalue weighted by Crippen LogP contribution is 2.22. The fraction of sp³-hybridized carbons (Fsp3) is 0.200. The van der Waals surface area contributed by atoms with Crippen molar-refractivity contribution in [1.29, 1.82) is 0 Å². The van der Waals surface area contributed by atoms with Crippen LogP contribution in [0.25, 0.3) is 10.2 Å². The Kier molecular flexibility index (Phi) is 5.49. The molecule has 5 nitrogen and oxygen atoms in total. The van der Waals surface area contributed by atoms with Crippen molar-refractivity contribution in [3.63, 3.8) is 0 Å². The zero-order chi connectivity index (χ0) is 20.5. The number of aryl methyl sites for hydroxylation is 2. The van der Waals surface area contributed by atoms with E-state index in [1.54, 1.807) is 4.57 Å². The van der Waals surface area contributed by atoms with Crippen LogP contribution in [-0.2, 0) is 21.2 Å². The van der Waals surface area contributed by atoms with Crippen molar-refractivity contribution in [1.82, 2.24) is 4.57 Å². The summed E-state index contributed by atoms with van der Waals surface area (Å²) in [6.45, 7) is 4.17. The fourth-order valence-electron chi connectivity index (χ4n) is 2.68. The first kappa shape index (κ1) is 20.0. The Morgan fingerprint density at radius 2 is 1.86 bits per heavy atom. The molecule has 0 N–H and O–H groups in total. The number of hydrogen-bond acceptors (Lipinski definition) is 4. The number of benzene rings is 2. The lowest BCUT2D eigenvalue weighted by atomic mass is 10.1. The van der Waals surface area contributed by atoms with Crippen LogP contribution in [0.2, 0.25) is 0 Å². The lowest BCUT2D eigenvalue weighted by Gasteiger charge is -2.03. The summed E-state index contributed by atoms with van der Waals surface area (Å²) < 4.78 is 40.4. The van der Waals surface area contributed by atoms with E-state index >= 15 is 0 Å². The number of amides is 1. The predicted octanol–water partition coefficient (Wildman–Crippen LogP) is 2.99. The molecule has 8 heteroatoms. The Hall–Kier alpha value is -2.76. The topological polar surface area (TPSA) is 68.5 Å². The minimum absolute atomic E-state index is 0.128. The second kappa shape index (κ2) is 7.70. The third-order valence-electron chi connectivity index (χ3n) is 4.25. The second-order valence-electron chi connectivity index (χ2n) is 6.30. The van der Waals surface area contributed by atoms with Crippen LogP contribution in [0.1, 0.15) is 11.1 Å². The van der Waals surface area contributed by atoms with Gasteiger partial charge in [-0.3, -0.25) is 4.79 Å². The minimum atomic E-state index is -3.92. The van der Waals surface area contributed by atoms with Gasteiger partial charge in [-0.25, -0.2) is 12.8 Å². The first-order chi connectivity index (χ1) is 13.2. The molecule has 0 atom stereocenters. The number of carbonyl (C=O) groups excluding carboxylic acids is 1. The molecule has 28 heavy (non-hydrogen) atoms. The van der Waals surface area contributed by atoms with Crippen LogP contribution >= 0.6 is 11.3 Å². The first-order valence-corrected chi connectivity index (χ1v) is 10.8. The van der Waals surface area contributed by atoms with Crippen molar-refractivity contribution in [2.75, 3.05) is 5.75 Å². The summed E-state index contributed by atoms with van der Waals surface area (Å²) in [5.74, 6) is 0.365. The molecule has 1 aromatic heterocycles. The second-order valence-corrected chi connectivity index (χ2v) is 9.30. The molecule has 3 aromatic rings. The van der Waals surface area contributed by atoms with Gasteiger partial charge in [0.2, 0.25) is 0 Å². The van der Waals surface area contributed by atoms with E-state index in [-0.39, 0.29) is 11.4 Å². The number of halogens is 1. The van der Waals surface area contributed by atoms with E-state index in [9.17, 15) is 17.6 Å². The molecule has 0 saturated carbocycles. The molecule has 144 valence electrons. The number of rotatable bonds is 4. The number of carbonyl (C=O) groups is 1. The van der Waals surface area contributed by atoms with Crippen LogP contribution in [0, 0.1) is 32.0 Å². The predicted molar refractivity (Wildman–Crippen MR) is 107 cm³/mol.